The molecule has 1 aliphatic rings. The fourth-order valence-corrected chi connectivity index (χ4v) is 2.48. The number of hydrogen-bond acceptors (Lipinski definition) is 5. The van der Waals surface area contributed by atoms with E-state index in [0.29, 0.717) is 12.6 Å². The van der Waals surface area contributed by atoms with Crippen LogP contribution in [0.1, 0.15) is 18.4 Å². The lowest BCUT2D eigenvalue weighted by Crippen LogP contribution is -2.41. The minimum atomic E-state index is -0.174. The number of esters is 1. The summed E-state index contributed by atoms with van der Waals surface area (Å²) >= 11 is 0. The van der Waals surface area contributed by atoms with Crippen LogP contribution in [0.2, 0.25) is 0 Å². The molecule has 0 saturated carbocycles. The molecule has 0 atom stereocenters. The summed E-state index contributed by atoms with van der Waals surface area (Å²) in [4.78, 5) is 13.3. The lowest BCUT2D eigenvalue weighted by Gasteiger charge is -2.32. The topological polar surface area (TPSA) is 61.8 Å². The standard InChI is InChI=1S/C15H22N2O3/c1-20-15(19)10-17-7-5-13(6-8-17)16-14-4-2-3-12(9-14)11-18/h2-4,9,13,16,18H,5-8,10-11H2,1H3. The average molecular weight is 278 g/mol. The van der Waals surface area contributed by atoms with Crippen molar-refractivity contribution in [2.24, 2.45) is 0 Å². The highest BCUT2D eigenvalue weighted by Crippen LogP contribution is 2.17. The Balaban J connectivity index is 1.80. The van der Waals surface area contributed by atoms with Gasteiger partial charge in [-0.2, -0.15) is 0 Å². The van der Waals surface area contributed by atoms with Gasteiger partial charge in [-0.05, 0) is 30.5 Å². The van der Waals surface area contributed by atoms with E-state index in [9.17, 15) is 4.79 Å². The van der Waals surface area contributed by atoms with E-state index in [1.165, 1.54) is 7.11 Å². The van der Waals surface area contributed by atoms with Gasteiger partial charge in [-0.3, -0.25) is 9.69 Å². The first-order chi connectivity index (χ1) is 9.71. The number of rotatable bonds is 5. The van der Waals surface area contributed by atoms with Gasteiger partial charge in [0.15, 0.2) is 0 Å². The number of anilines is 1. The number of methoxy groups -OCH3 is 1. The number of aliphatic hydroxyl groups is 1. The first kappa shape index (κ1) is 14.8. The molecule has 0 aliphatic carbocycles. The first-order valence-corrected chi connectivity index (χ1v) is 6.97. The number of hydrogen-bond donors (Lipinski definition) is 2. The highest BCUT2D eigenvalue weighted by Gasteiger charge is 2.20. The number of ether oxygens (including phenoxy) is 1. The van der Waals surface area contributed by atoms with Crippen molar-refractivity contribution in [2.75, 3.05) is 32.1 Å². The maximum atomic E-state index is 11.2. The monoisotopic (exact) mass is 278 g/mol. The zero-order valence-corrected chi connectivity index (χ0v) is 11.8. The van der Waals surface area contributed by atoms with E-state index in [1.54, 1.807) is 0 Å². The zero-order chi connectivity index (χ0) is 14.4. The third-order valence-corrected chi connectivity index (χ3v) is 3.65. The van der Waals surface area contributed by atoms with Gasteiger partial charge in [0.25, 0.3) is 0 Å². The van der Waals surface area contributed by atoms with Crippen LogP contribution in [-0.2, 0) is 16.1 Å². The number of benzene rings is 1. The van der Waals surface area contributed by atoms with Crippen LogP contribution >= 0.6 is 0 Å². The molecule has 1 heterocycles. The van der Waals surface area contributed by atoms with Gasteiger partial charge in [-0.1, -0.05) is 12.1 Å². The van der Waals surface area contributed by atoms with E-state index < -0.39 is 0 Å². The Labute approximate surface area is 119 Å². The van der Waals surface area contributed by atoms with Gasteiger partial charge >= 0.3 is 5.97 Å². The van der Waals surface area contributed by atoms with Gasteiger partial charge in [-0.15, -0.1) is 0 Å². The van der Waals surface area contributed by atoms with Crippen LogP contribution in [0.25, 0.3) is 0 Å². The predicted molar refractivity (Wildman–Crippen MR) is 77.5 cm³/mol. The highest BCUT2D eigenvalue weighted by molar-refractivity contribution is 5.71. The van der Waals surface area contributed by atoms with Crippen molar-refractivity contribution in [1.29, 1.82) is 0 Å². The predicted octanol–water partition coefficient (Wildman–Crippen LogP) is 1.23. The van der Waals surface area contributed by atoms with Gasteiger partial charge in [0, 0.05) is 24.8 Å². The largest absolute Gasteiger partial charge is 0.468 e. The van der Waals surface area contributed by atoms with Crippen LogP contribution in [0.4, 0.5) is 5.69 Å². The maximum Gasteiger partial charge on any atom is 0.319 e. The molecular weight excluding hydrogens is 256 g/mol. The van der Waals surface area contributed by atoms with Crippen LogP contribution < -0.4 is 5.32 Å². The van der Waals surface area contributed by atoms with E-state index in [1.807, 2.05) is 24.3 Å². The van der Waals surface area contributed by atoms with Crippen molar-refractivity contribution < 1.29 is 14.6 Å². The molecule has 1 fully saturated rings. The minimum Gasteiger partial charge on any atom is -0.468 e. The molecule has 0 bridgehead atoms. The Kier molecular flexibility index (Phi) is 5.38. The number of nitrogens with zero attached hydrogens (tertiary/aromatic N) is 1. The molecular formula is C15H22N2O3. The SMILES string of the molecule is COC(=O)CN1CCC(Nc2cccc(CO)c2)CC1. The zero-order valence-electron chi connectivity index (χ0n) is 11.8. The molecule has 0 spiro atoms. The number of aliphatic hydroxyl groups excluding tert-OH is 1. The second kappa shape index (κ2) is 7.26. The summed E-state index contributed by atoms with van der Waals surface area (Å²) in [7, 11) is 1.42. The first-order valence-electron chi connectivity index (χ1n) is 6.97. The summed E-state index contributed by atoms with van der Waals surface area (Å²) in [6.07, 6.45) is 2.00. The average Bonchev–Trinajstić information content (AvgIpc) is 2.49. The Morgan fingerprint density at radius 3 is 2.85 bits per heavy atom. The second-order valence-electron chi connectivity index (χ2n) is 5.13. The summed E-state index contributed by atoms with van der Waals surface area (Å²) in [5, 5.41) is 12.6. The summed E-state index contributed by atoms with van der Waals surface area (Å²) < 4.78 is 4.68. The highest BCUT2D eigenvalue weighted by atomic mass is 16.5. The fourth-order valence-electron chi connectivity index (χ4n) is 2.48. The Hall–Kier alpha value is -1.59. The molecule has 0 radical (unpaired) electrons. The molecule has 0 unspecified atom stereocenters. The molecule has 1 aliphatic heterocycles. The third kappa shape index (κ3) is 4.21. The summed E-state index contributed by atoms with van der Waals surface area (Å²) in [5.74, 6) is -0.174. The van der Waals surface area contributed by atoms with Crippen molar-refractivity contribution in [3.05, 3.63) is 29.8 Å². The van der Waals surface area contributed by atoms with Crippen molar-refractivity contribution in [2.45, 2.75) is 25.5 Å². The number of nitrogens with one attached hydrogen (secondary N) is 1. The van der Waals surface area contributed by atoms with Crippen molar-refractivity contribution in [3.8, 4) is 0 Å². The lowest BCUT2D eigenvalue weighted by atomic mass is 10.0. The van der Waals surface area contributed by atoms with Gasteiger partial charge in [0.1, 0.15) is 0 Å². The molecule has 1 saturated heterocycles. The summed E-state index contributed by atoms with van der Waals surface area (Å²) in [5.41, 5.74) is 1.96. The number of carbonyl (C=O) groups is 1. The van der Waals surface area contributed by atoms with Crippen LogP contribution in [0.3, 0.4) is 0 Å². The van der Waals surface area contributed by atoms with Crippen molar-refractivity contribution >= 4 is 11.7 Å². The number of piperidine rings is 1. The molecule has 1 aromatic rings. The molecule has 2 rings (SSSR count). The van der Waals surface area contributed by atoms with Gasteiger partial charge in [0.05, 0.1) is 20.3 Å². The molecule has 110 valence electrons. The maximum absolute atomic E-state index is 11.2. The Morgan fingerprint density at radius 1 is 1.45 bits per heavy atom. The van der Waals surface area contributed by atoms with Crippen LogP contribution in [0.5, 0.6) is 0 Å². The van der Waals surface area contributed by atoms with E-state index in [0.717, 1.165) is 37.2 Å². The smallest absolute Gasteiger partial charge is 0.319 e. The van der Waals surface area contributed by atoms with Crippen LogP contribution in [0.15, 0.2) is 24.3 Å². The van der Waals surface area contributed by atoms with Crippen LogP contribution in [-0.4, -0.2) is 48.8 Å². The quantitative estimate of drug-likeness (QED) is 0.793. The van der Waals surface area contributed by atoms with E-state index in [2.05, 4.69) is 15.0 Å². The Bertz CT molecular complexity index is 442. The normalized spacial score (nSPS) is 16.9. The molecule has 0 amide bonds. The van der Waals surface area contributed by atoms with Gasteiger partial charge in [-0.25, -0.2) is 0 Å². The van der Waals surface area contributed by atoms with Gasteiger partial charge in [0.2, 0.25) is 0 Å². The molecule has 20 heavy (non-hydrogen) atoms. The Morgan fingerprint density at radius 2 is 2.20 bits per heavy atom. The summed E-state index contributed by atoms with van der Waals surface area (Å²) in [6.45, 7) is 2.23. The minimum absolute atomic E-state index is 0.0626. The second-order valence-corrected chi connectivity index (χ2v) is 5.13. The van der Waals surface area contributed by atoms with E-state index in [-0.39, 0.29) is 12.6 Å². The van der Waals surface area contributed by atoms with E-state index in [4.69, 9.17) is 5.11 Å². The molecule has 5 heteroatoms. The number of likely N-dealkylation sites (tertiary alicyclic amines) is 1. The third-order valence-electron chi connectivity index (χ3n) is 3.65. The van der Waals surface area contributed by atoms with Crippen LogP contribution in [0, 0.1) is 0 Å². The van der Waals surface area contributed by atoms with Gasteiger partial charge < -0.3 is 15.2 Å². The molecule has 0 aromatic heterocycles. The van der Waals surface area contributed by atoms with Crippen molar-refractivity contribution in [1.82, 2.24) is 4.90 Å². The van der Waals surface area contributed by atoms with E-state index >= 15 is 0 Å². The molecule has 1 aromatic carbocycles. The fraction of sp³-hybridized carbons (Fsp3) is 0.533. The summed E-state index contributed by atoms with van der Waals surface area (Å²) in [6, 6.07) is 8.25. The lowest BCUT2D eigenvalue weighted by molar-refractivity contribution is -0.142. The number of carbonyl (C=O) groups excluding carboxylic acids is 1. The molecule has 5 nitrogen and oxygen atoms in total. The van der Waals surface area contributed by atoms with Crippen molar-refractivity contribution in [3.63, 3.8) is 0 Å². The molecule has 2 N–H and O–H groups in total.